The molecule has 1 heterocycles. The first-order valence-corrected chi connectivity index (χ1v) is 6.96. The molecule has 21 heavy (non-hydrogen) atoms. The lowest BCUT2D eigenvalue weighted by Crippen LogP contribution is -2.56. The average molecular weight is 294 g/mol. The van der Waals surface area contributed by atoms with Gasteiger partial charge in [-0.2, -0.15) is 0 Å². The van der Waals surface area contributed by atoms with Gasteiger partial charge in [0.1, 0.15) is 11.5 Å². The molecule has 2 rings (SSSR count). The molecular formula is C15H22N2O4. The first kappa shape index (κ1) is 15.6. The lowest BCUT2D eigenvalue weighted by atomic mass is 9.89. The van der Waals surface area contributed by atoms with E-state index in [1.54, 1.807) is 25.3 Å². The number of methoxy groups -OCH3 is 2. The van der Waals surface area contributed by atoms with E-state index in [2.05, 4.69) is 5.32 Å². The quantitative estimate of drug-likeness (QED) is 0.844. The van der Waals surface area contributed by atoms with Crippen LogP contribution < -0.4 is 20.5 Å². The van der Waals surface area contributed by atoms with E-state index in [1.165, 1.54) is 7.11 Å². The van der Waals surface area contributed by atoms with E-state index in [4.69, 9.17) is 19.9 Å². The molecule has 1 aromatic carbocycles. The van der Waals surface area contributed by atoms with Crippen LogP contribution in [-0.4, -0.2) is 45.4 Å². The maximum Gasteiger partial charge on any atom is 0.255 e. The van der Waals surface area contributed by atoms with Crippen LogP contribution in [0.15, 0.2) is 18.2 Å². The molecule has 6 heteroatoms. The Labute approximate surface area is 124 Å². The summed E-state index contributed by atoms with van der Waals surface area (Å²) in [5, 5.41) is 3.04. The molecule has 0 spiro atoms. The smallest absolute Gasteiger partial charge is 0.255 e. The normalized spacial score (nSPS) is 17.1. The van der Waals surface area contributed by atoms with Crippen molar-refractivity contribution in [3.8, 4) is 11.5 Å². The maximum atomic E-state index is 12.6. The highest BCUT2D eigenvalue weighted by Crippen LogP contribution is 2.26. The van der Waals surface area contributed by atoms with Crippen LogP contribution in [0, 0.1) is 0 Å². The standard InChI is InChI=1S/C15H22N2O4/c1-19-11-3-4-13(20-2)12(9-11)14(18)17-15(10-16)5-7-21-8-6-15/h3-4,9H,5-8,10,16H2,1-2H3,(H,17,18). The van der Waals surface area contributed by atoms with Gasteiger partial charge in [0.25, 0.3) is 5.91 Å². The van der Waals surface area contributed by atoms with E-state index in [9.17, 15) is 4.79 Å². The Kier molecular flexibility index (Phi) is 5.03. The molecule has 0 atom stereocenters. The summed E-state index contributed by atoms with van der Waals surface area (Å²) in [6.07, 6.45) is 1.42. The van der Waals surface area contributed by atoms with Gasteiger partial charge >= 0.3 is 0 Å². The summed E-state index contributed by atoms with van der Waals surface area (Å²) in [6.45, 7) is 1.59. The van der Waals surface area contributed by atoms with Gasteiger partial charge in [0.2, 0.25) is 0 Å². The van der Waals surface area contributed by atoms with Gasteiger partial charge in [0.15, 0.2) is 0 Å². The first-order chi connectivity index (χ1) is 10.1. The summed E-state index contributed by atoms with van der Waals surface area (Å²) in [5.41, 5.74) is 5.89. The van der Waals surface area contributed by atoms with Gasteiger partial charge in [-0.25, -0.2) is 0 Å². The van der Waals surface area contributed by atoms with Gasteiger partial charge in [-0.1, -0.05) is 0 Å². The van der Waals surface area contributed by atoms with Crippen molar-refractivity contribution in [1.82, 2.24) is 5.32 Å². The zero-order chi connectivity index (χ0) is 15.3. The number of rotatable bonds is 5. The van der Waals surface area contributed by atoms with Crippen LogP contribution in [0.3, 0.4) is 0 Å². The molecule has 3 N–H and O–H groups in total. The lowest BCUT2D eigenvalue weighted by molar-refractivity contribution is 0.0388. The molecular weight excluding hydrogens is 272 g/mol. The first-order valence-electron chi connectivity index (χ1n) is 6.96. The van der Waals surface area contributed by atoms with Gasteiger partial charge < -0.3 is 25.3 Å². The largest absolute Gasteiger partial charge is 0.497 e. The highest BCUT2D eigenvalue weighted by molar-refractivity contribution is 5.97. The molecule has 1 aromatic rings. The third-order valence-electron chi connectivity index (χ3n) is 3.87. The number of carbonyl (C=O) groups is 1. The lowest BCUT2D eigenvalue weighted by Gasteiger charge is -2.37. The van der Waals surface area contributed by atoms with Crippen molar-refractivity contribution in [2.75, 3.05) is 34.0 Å². The zero-order valence-electron chi connectivity index (χ0n) is 12.5. The fourth-order valence-corrected chi connectivity index (χ4v) is 2.44. The minimum Gasteiger partial charge on any atom is -0.497 e. The number of amides is 1. The summed E-state index contributed by atoms with van der Waals surface area (Å²) in [5.74, 6) is 0.903. The van der Waals surface area contributed by atoms with Gasteiger partial charge in [-0.05, 0) is 31.0 Å². The van der Waals surface area contributed by atoms with Crippen LogP contribution >= 0.6 is 0 Å². The number of nitrogens with one attached hydrogen (secondary N) is 1. The van der Waals surface area contributed by atoms with E-state index in [0.717, 1.165) is 0 Å². The Hall–Kier alpha value is -1.79. The molecule has 1 aliphatic heterocycles. The van der Waals surface area contributed by atoms with E-state index < -0.39 is 5.54 Å². The second-order valence-corrected chi connectivity index (χ2v) is 5.12. The molecule has 0 unspecified atom stereocenters. The molecule has 0 saturated carbocycles. The van der Waals surface area contributed by atoms with E-state index in [0.29, 0.717) is 49.7 Å². The van der Waals surface area contributed by atoms with Gasteiger partial charge in [0.05, 0.1) is 25.3 Å². The van der Waals surface area contributed by atoms with Crippen LogP contribution in [-0.2, 0) is 4.74 Å². The maximum absolute atomic E-state index is 12.6. The van der Waals surface area contributed by atoms with Crippen molar-refractivity contribution in [2.24, 2.45) is 5.73 Å². The number of hydrogen-bond acceptors (Lipinski definition) is 5. The van der Waals surface area contributed by atoms with Crippen molar-refractivity contribution in [1.29, 1.82) is 0 Å². The summed E-state index contributed by atoms with van der Waals surface area (Å²) in [7, 11) is 3.09. The van der Waals surface area contributed by atoms with Crippen LogP contribution in [0.1, 0.15) is 23.2 Å². The van der Waals surface area contributed by atoms with Gasteiger partial charge in [0, 0.05) is 19.8 Å². The number of ether oxygens (including phenoxy) is 3. The number of benzene rings is 1. The highest BCUT2D eigenvalue weighted by Gasteiger charge is 2.33. The second kappa shape index (κ2) is 6.78. The van der Waals surface area contributed by atoms with E-state index in [-0.39, 0.29) is 5.91 Å². The Morgan fingerprint density at radius 3 is 2.62 bits per heavy atom. The van der Waals surface area contributed by atoms with Crippen LogP contribution in [0.4, 0.5) is 0 Å². The van der Waals surface area contributed by atoms with Crippen LogP contribution in [0.2, 0.25) is 0 Å². The van der Waals surface area contributed by atoms with E-state index >= 15 is 0 Å². The molecule has 6 nitrogen and oxygen atoms in total. The SMILES string of the molecule is COc1ccc(OC)c(C(=O)NC2(CN)CCOCC2)c1. The third kappa shape index (κ3) is 3.46. The van der Waals surface area contributed by atoms with E-state index in [1.807, 2.05) is 0 Å². The van der Waals surface area contributed by atoms with Gasteiger partial charge in [-0.15, -0.1) is 0 Å². The summed E-state index contributed by atoms with van der Waals surface area (Å²) < 4.78 is 15.8. The minimum atomic E-state index is -0.413. The molecule has 1 fully saturated rings. The molecule has 1 saturated heterocycles. The molecule has 0 aliphatic carbocycles. The Balaban J connectivity index is 2.22. The predicted octanol–water partition coefficient (Wildman–Crippen LogP) is 0.941. The molecule has 0 radical (unpaired) electrons. The Morgan fingerprint density at radius 2 is 2.05 bits per heavy atom. The average Bonchev–Trinajstić information content (AvgIpc) is 2.55. The molecule has 1 amide bonds. The van der Waals surface area contributed by atoms with Gasteiger partial charge in [-0.3, -0.25) is 4.79 Å². The predicted molar refractivity (Wildman–Crippen MR) is 78.9 cm³/mol. The number of carbonyl (C=O) groups excluding carboxylic acids is 1. The van der Waals surface area contributed by atoms with Crippen molar-refractivity contribution in [2.45, 2.75) is 18.4 Å². The zero-order valence-corrected chi connectivity index (χ0v) is 12.5. The van der Waals surface area contributed by atoms with Crippen LogP contribution in [0.5, 0.6) is 11.5 Å². The topological polar surface area (TPSA) is 82.8 Å². The monoisotopic (exact) mass is 294 g/mol. The fourth-order valence-electron chi connectivity index (χ4n) is 2.44. The minimum absolute atomic E-state index is 0.210. The summed E-state index contributed by atoms with van der Waals surface area (Å²) in [6, 6.07) is 5.13. The second-order valence-electron chi connectivity index (χ2n) is 5.12. The molecule has 116 valence electrons. The van der Waals surface area contributed by atoms with Crippen molar-refractivity contribution in [3.63, 3.8) is 0 Å². The number of nitrogens with two attached hydrogens (primary N) is 1. The third-order valence-corrected chi connectivity index (χ3v) is 3.87. The Morgan fingerprint density at radius 1 is 1.33 bits per heavy atom. The Bertz CT molecular complexity index is 498. The number of hydrogen-bond donors (Lipinski definition) is 2. The highest BCUT2D eigenvalue weighted by atomic mass is 16.5. The van der Waals surface area contributed by atoms with Crippen molar-refractivity contribution >= 4 is 5.91 Å². The summed E-state index contributed by atoms with van der Waals surface area (Å²) in [4.78, 5) is 12.6. The van der Waals surface area contributed by atoms with Crippen molar-refractivity contribution < 1.29 is 19.0 Å². The fraction of sp³-hybridized carbons (Fsp3) is 0.533. The summed E-state index contributed by atoms with van der Waals surface area (Å²) >= 11 is 0. The van der Waals surface area contributed by atoms with Crippen molar-refractivity contribution in [3.05, 3.63) is 23.8 Å². The molecule has 1 aliphatic rings. The molecule has 0 bridgehead atoms. The molecule has 0 aromatic heterocycles. The van der Waals surface area contributed by atoms with Crippen LogP contribution in [0.25, 0.3) is 0 Å².